The molecular formula is C14H19NO. The highest BCUT2D eigenvalue weighted by Gasteiger charge is 2.14. The first-order chi connectivity index (χ1) is 7.81. The molecule has 1 atom stereocenters. The van der Waals surface area contributed by atoms with Crippen molar-refractivity contribution in [3.63, 3.8) is 0 Å². The van der Waals surface area contributed by atoms with E-state index >= 15 is 0 Å². The van der Waals surface area contributed by atoms with E-state index in [1.54, 1.807) is 0 Å². The molecule has 0 bridgehead atoms. The molecule has 86 valence electrons. The number of nitrogens with two attached hydrogens (primary N) is 1. The van der Waals surface area contributed by atoms with Gasteiger partial charge in [0, 0.05) is 11.6 Å². The Kier molecular flexibility index (Phi) is 3.62. The van der Waals surface area contributed by atoms with E-state index in [-0.39, 0.29) is 6.04 Å². The SMILES string of the molecule is CCOc1ccccc1C1=CC(N)CCC1. The van der Waals surface area contributed by atoms with E-state index in [0.29, 0.717) is 6.61 Å². The highest BCUT2D eigenvalue weighted by atomic mass is 16.5. The van der Waals surface area contributed by atoms with Crippen LogP contribution in [0.15, 0.2) is 30.3 Å². The summed E-state index contributed by atoms with van der Waals surface area (Å²) in [6.45, 7) is 2.72. The van der Waals surface area contributed by atoms with Gasteiger partial charge in [-0.1, -0.05) is 24.3 Å². The Morgan fingerprint density at radius 1 is 1.38 bits per heavy atom. The lowest BCUT2D eigenvalue weighted by Crippen LogP contribution is -2.20. The van der Waals surface area contributed by atoms with Crippen LogP contribution in [-0.2, 0) is 0 Å². The molecule has 1 aliphatic rings. The standard InChI is InChI=1S/C14H19NO/c1-2-16-14-9-4-3-8-13(14)11-6-5-7-12(15)10-11/h3-4,8-10,12H,2,5-7,15H2,1H3. The molecule has 1 aromatic rings. The molecule has 1 aliphatic carbocycles. The smallest absolute Gasteiger partial charge is 0.126 e. The number of hydrogen-bond donors (Lipinski definition) is 1. The van der Waals surface area contributed by atoms with Crippen molar-refractivity contribution in [3.05, 3.63) is 35.9 Å². The van der Waals surface area contributed by atoms with Gasteiger partial charge >= 0.3 is 0 Å². The van der Waals surface area contributed by atoms with Crippen LogP contribution in [0.1, 0.15) is 31.7 Å². The van der Waals surface area contributed by atoms with Crippen LogP contribution in [-0.4, -0.2) is 12.6 Å². The minimum Gasteiger partial charge on any atom is -0.493 e. The molecule has 2 rings (SSSR count). The Balaban J connectivity index is 2.31. The summed E-state index contributed by atoms with van der Waals surface area (Å²) in [4.78, 5) is 0. The van der Waals surface area contributed by atoms with Gasteiger partial charge < -0.3 is 10.5 Å². The second-order valence-electron chi connectivity index (χ2n) is 4.18. The number of hydrogen-bond acceptors (Lipinski definition) is 2. The van der Waals surface area contributed by atoms with Crippen LogP contribution in [0.2, 0.25) is 0 Å². The van der Waals surface area contributed by atoms with Crippen molar-refractivity contribution in [2.24, 2.45) is 5.73 Å². The summed E-state index contributed by atoms with van der Waals surface area (Å²) in [5.41, 5.74) is 8.51. The second kappa shape index (κ2) is 5.17. The monoisotopic (exact) mass is 217 g/mol. The summed E-state index contributed by atoms with van der Waals surface area (Å²) in [5.74, 6) is 0.977. The maximum Gasteiger partial charge on any atom is 0.126 e. The van der Waals surface area contributed by atoms with Gasteiger partial charge in [-0.15, -0.1) is 0 Å². The van der Waals surface area contributed by atoms with Crippen molar-refractivity contribution < 1.29 is 4.74 Å². The number of allylic oxidation sites excluding steroid dienone is 1. The van der Waals surface area contributed by atoms with Gasteiger partial charge in [-0.25, -0.2) is 0 Å². The number of rotatable bonds is 3. The molecule has 0 saturated carbocycles. The summed E-state index contributed by atoms with van der Waals surface area (Å²) < 4.78 is 5.64. The number of benzene rings is 1. The average Bonchev–Trinajstić information content (AvgIpc) is 2.30. The molecule has 0 amide bonds. The van der Waals surface area contributed by atoms with Gasteiger partial charge in [-0.3, -0.25) is 0 Å². The first-order valence-corrected chi connectivity index (χ1v) is 5.99. The molecule has 0 fully saturated rings. The topological polar surface area (TPSA) is 35.2 Å². The lowest BCUT2D eigenvalue weighted by Gasteiger charge is -2.20. The fourth-order valence-electron chi connectivity index (χ4n) is 2.19. The molecular weight excluding hydrogens is 198 g/mol. The Morgan fingerprint density at radius 2 is 2.19 bits per heavy atom. The first-order valence-electron chi connectivity index (χ1n) is 5.99. The lowest BCUT2D eigenvalue weighted by molar-refractivity contribution is 0.339. The summed E-state index contributed by atoms with van der Waals surface area (Å²) in [5, 5.41) is 0. The first kappa shape index (κ1) is 11.2. The number of para-hydroxylation sites is 1. The highest BCUT2D eigenvalue weighted by Crippen LogP contribution is 2.32. The molecule has 0 saturated heterocycles. The third-order valence-corrected chi connectivity index (χ3v) is 2.93. The van der Waals surface area contributed by atoms with Crippen molar-refractivity contribution >= 4 is 5.57 Å². The zero-order chi connectivity index (χ0) is 11.4. The van der Waals surface area contributed by atoms with E-state index < -0.39 is 0 Å². The molecule has 2 N–H and O–H groups in total. The maximum absolute atomic E-state index is 5.97. The minimum atomic E-state index is 0.207. The minimum absolute atomic E-state index is 0.207. The molecule has 0 spiro atoms. The van der Waals surface area contributed by atoms with Crippen molar-refractivity contribution in [2.75, 3.05) is 6.61 Å². The largest absolute Gasteiger partial charge is 0.493 e. The molecule has 2 nitrogen and oxygen atoms in total. The molecule has 16 heavy (non-hydrogen) atoms. The molecule has 0 heterocycles. The van der Waals surface area contributed by atoms with Crippen LogP contribution in [0.4, 0.5) is 0 Å². The van der Waals surface area contributed by atoms with Crippen LogP contribution in [0, 0.1) is 0 Å². The van der Waals surface area contributed by atoms with Crippen LogP contribution in [0.3, 0.4) is 0 Å². The van der Waals surface area contributed by atoms with Crippen LogP contribution >= 0.6 is 0 Å². The van der Waals surface area contributed by atoms with Crippen LogP contribution in [0.5, 0.6) is 5.75 Å². The Morgan fingerprint density at radius 3 is 2.94 bits per heavy atom. The molecule has 2 heteroatoms. The van der Waals surface area contributed by atoms with E-state index in [2.05, 4.69) is 18.2 Å². The maximum atomic E-state index is 5.97. The summed E-state index contributed by atoms with van der Waals surface area (Å²) in [6, 6.07) is 8.42. The van der Waals surface area contributed by atoms with E-state index in [1.165, 1.54) is 17.6 Å². The van der Waals surface area contributed by atoms with Crippen LogP contribution in [0.25, 0.3) is 5.57 Å². The quantitative estimate of drug-likeness (QED) is 0.844. The summed E-state index contributed by atoms with van der Waals surface area (Å²) in [7, 11) is 0. The molecule has 1 aromatic carbocycles. The van der Waals surface area contributed by atoms with Gasteiger partial charge in [0.25, 0.3) is 0 Å². The molecule has 0 radical (unpaired) electrons. The van der Waals surface area contributed by atoms with Crippen molar-refractivity contribution in [1.82, 2.24) is 0 Å². The van der Waals surface area contributed by atoms with E-state index in [0.717, 1.165) is 18.6 Å². The summed E-state index contributed by atoms with van der Waals surface area (Å²) >= 11 is 0. The van der Waals surface area contributed by atoms with Gasteiger partial charge in [0.1, 0.15) is 5.75 Å². The predicted octanol–water partition coefficient (Wildman–Crippen LogP) is 2.98. The Hall–Kier alpha value is -1.28. The van der Waals surface area contributed by atoms with Gasteiger partial charge in [-0.2, -0.15) is 0 Å². The van der Waals surface area contributed by atoms with Gasteiger partial charge in [0.15, 0.2) is 0 Å². The normalized spacial score (nSPS) is 20.4. The van der Waals surface area contributed by atoms with Crippen molar-refractivity contribution in [2.45, 2.75) is 32.2 Å². The zero-order valence-electron chi connectivity index (χ0n) is 9.78. The van der Waals surface area contributed by atoms with E-state index in [1.807, 2.05) is 19.1 Å². The highest BCUT2D eigenvalue weighted by molar-refractivity contribution is 5.71. The fraction of sp³-hybridized carbons (Fsp3) is 0.429. The van der Waals surface area contributed by atoms with E-state index in [9.17, 15) is 0 Å². The van der Waals surface area contributed by atoms with Gasteiger partial charge in [0.05, 0.1) is 6.61 Å². The van der Waals surface area contributed by atoms with Crippen LogP contribution < -0.4 is 10.5 Å². The zero-order valence-corrected chi connectivity index (χ0v) is 9.78. The third kappa shape index (κ3) is 2.45. The second-order valence-corrected chi connectivity index (χ2v) is 4.18. The van der Waals surface area contributed by atoms with Crippen molar-refractivity contribution in [3.8, 4) is 5.75 Å². The number of ether oxygens (including phenoxy) is 1. The Labute approximate surface area is 97.1 Å². The lowest BCUT2D eigenvalue weighted by atomic mass is 9.91. The Bertz CT molecular complexity index is 384. The molecule has 1 unspecified atom stereocenters. The average molecular weight is 217 g/mol. The third-order valence-electron chi connectivity index (χ3n) is 2.93. The predicted molar refractivity (Wildman–Crippen MR) is 67.4 cm³/mol. The van der Waals surface area contributed by atoms with Gasteiger partial charge in [-0.05, 0) is 37.8 Å². The van der Waals surface area contributed by atoms with E-state index in [4.69, 9.17) is 10.5 Å². The fourth-order valence-corrected chi connectivity index (χ4v) is 2.19. The van der Waals surface area contributed by atoms with Gasteiger partial charge in [0.2, 0.25) is 0 Å². The molecule has 0 aromatic heterocycles. The van der Waals surface area contributed by atoms with Crippen molar-refractivity contribution in [1.29, 1.82) is 0 Å². The molecule has 0 aliphatic heterocycles. The summed E-state index contributed by atoms with van der Waals surface area (Å²) in [6.07, 6.45) is 5.56.